The summed E-state index contributed by atoms with van der Waals surface area (Å²) in [5.41, 5.74) is -0.294. The summed E-state index contributed by atoms with van der Waals surface area (Å²) in [5.74, 6) is -2.95. The van der Waals surface area contributed by atoms with E-state index in [0.717, 1.165) is 32.1 Å². The average Bonchev–Trinajstić information content (AvgIpc) is 4.11. The lowest BCUT2D eigenvalue weighted by Crippen LogP contribution is -2.59. The van der Waals surface area contributed by atoms with Crippen molar-refractivity contribution in [2.45, 2.75) is 107 Å². The summed E-state index contributed by atoms with van der Waals surface area (Å²) in [6.07, 6.45) is 6.32. The number of furan rings is 1. The maximum atomic E-state index is 14.7. The van der Waals surface area contributed by atoms with Crippen LogP contribution in [0.3, 0.4) is 0 Å². The molecule has 2 aromatic carbocycles. The molecule has 59 heavy (non-hydrogen) atoms. The molecule has 3 heterocycles. The molecule has 1 aliphatic heterocycles. The summed E-state index contributed by atoms with van der Waals surface area (Å²) in [4.78, 5) is 62.2. The second-order valence-corrected chi connectivity index (χ2v) is 18.5. The van der Waals surface area contributed by atoms with Gasteiger partial charge in [-0.2, -0.15) is 0 Å². The molecule has 8 rings (SSSR count). The third-order valence-corrected chi connectivity index (χ3v) is 13.9. The Kier molecular flexibility index (Phi) is 10.7. The molecular formula is C42H49FN6O9S. The number of carbonyl (C=O) groups excluding carboxylic acids is 4. The van der Waals surface area contributed by atoms with Gasteiger partial charge in [-0.05, 0) is 62.3 Å². The van der Waals surface area contributed by atoms with Crippen molar-refractivity contribution in [2.75, 3.05) is 13.7 Å². The molecule has 4 fully saturated rings. The maximum absolute atomic E-state index is 14.7. The number of sulfonamides is 1. The van der Waals surface area contributed by atoms with Gasteiger partial charge in [0.2, 0.25) is 21.8 Å². The van der Waals surface area contributed by atoms with Gasteiger partial charge in [-0.15, -0.1) is 6.58 Å². The van der Waals surface area contributed by atoms with Crippen LogP contribution in [0.1, 0.15) is 71.6 Å². The number of methoxy groups -OCH3 is 1. The summed E-state index contributed by atoms with van der Waals surface area (Å²) in [7, 11) is -2.44. The zero-order valence-corrected chi connectivity index (χ0v) is 34.0. The molecule has 17 heteroatoms. The van der Waals surface area contributed by atoms with Crippen LogP contribution in [-0.2, 0) is 24.4 Å². The topological polar surface area (TPSA) is 198 Å². The Hall–Kier alpha value is -5.45. The minimum absolute atomic E-state index is 0.0177. The van der Waals surface area contributed by atoms with Crippen LogP contribution in [0.25, 0.3) is 33.0 Å². The fraction of sp³-hybridized carbons (Fsp3) is 0.500. The number of pyridine rings is 1. The fourth-order valence-electron chi connectivity index (χ4n) is 8.52. The first-order valence-electron chi connectivity index (χ1n) is 20.3. The van der Waals surface area contributed by atoms with Gasteiger partial charge in [-0.25, -0.2) is 22.6 Å². The van der Waals surface area contributed by atoms with E-state index < -0.39 is 80.4 Å². The molecule has 2 aromatic heterocycles. The standard InChI is InChI=1S/C42H49FN6O9S/c1-5-23-20-42(23,40(52)48-59(54,55)27-15-16-27)47-38(50)31-19-26(21-49(31)39(51)33(22(2)3)46-41(53)44-25-10-7-6-8-11-25)57-36-28-17-14-24(43)18-30(28)45-34-29-12-9-13-32(56-4)35(29)58-37(34)36/h5,9,12-14,17-18,22-23,25-27,31,33H,1,6-8,10-11,15-16,19-21H2,2-4H3,(H,47,50)(H,48,52)(H2,44,46,53)/t23-,26-,31+,33+,42-/m1/s1. The summed E-state index contributed by atoms with van der Waals surface area (Å²) < 4.78 is 61.0. The average molecular weight is 833 g/mol. The molecule has 3 saturated carbocycles. The Bertz CT molecular complexity index is 2460. The van der Waals surface area contributed by atoms with Crippen LogP contribution in [0.5, 0.6) is 11.5 Å². The number of fused-ring (bicyclic) bond motifs is 4. The number of ether oxygens (including phenoxy) is 2. The first kappa shape index (κ1) is 40.3. The summed E-state index contributed by atoms with van der Waals surface area (Å²) >= 11 is 0. The van der Waals surface area contributed by atoms with E-state index in [1.165, 1.54) is 36.3 Å². The highest BCUT2D eigenvalue weighted by atomic mass is 32.2. The quantitative estimate of drug-likeness (QED) is 0.134. The van der Waals surface area contributed by atoms with Crippen LogP contribution in [0.15, 0.2) is 53.5 Å². The number of hydrogen-bond donors (Lipinski definition) is 4. The minimum Gasteiger partial charge on any atom is -0.493 e. The van der Waals surface area contributed by atoms with Crippen molar-refractivity contribution in [1.29, 1.82) is 0 Å². The number of amides is 5. The van der Waals surface area contributed by atoms with Gasteiger partial charge in [-0.1, -0.05) is 45.3 Å². The Morgan fingerprint density at radius 2 is 1.81 bits per heavy atom. The smallest absolute Gasteiger partial charge is 0.315 e. The first-order chi connectivity index (χ1) is 28.2. The number of urea groups is 1. The SMILES string of the molecule is C=C[C@@H]1C[C@]1(NC(=O)[C@@H]1C[C@@H](Oc2c3ccc(F)cc3nc3c2oc2c(OC)cccc23)CN1C(=O)[C@@H](NC(=O)NC1CCCCC1)C(C)C)C(=O)NS(=O)(=O)C1CC1. The van der Waals surface area contributed by atoms with E-state index in [4.69, 9.17) is 18.9 Å². The predicted molar refractivity (Wildman–Crippen MR) is 216 cm³/mol. The zero-order chi connectivity index (χ0) is 41.8. The molecule has 0 radical (unpaired) electrons. The lowest BCUT2D eigenvalue weighted by Gasteiger charge is -2.32. The van der Waals surface area contributed by atoms with E-state index in [1.807, 2.05) is 0 Å². The van der Waals surface area contributed by atoms with Crippen molar-refractivity contribution < 1.29 is 45.9 Å². The number of rotatable bonds is 13. The molecule has 15 nitrogen and oxygen atoms in total. The maximum Gasteiger partial charge on any atom is 0.315 e. The van der Waals surface area contributed by atoms with Gasteiger partial charge in [-0.3, -0.25) is 19.1 Å². The minimum atomic E-state index is -3.94. The molecule has 1 saturated heterocycles. The number of halogens is 1. The van der Waals surface area contributed by atoms with E-state index in [2.05, 4.69) is 27.3 Å². The van der Waals surface area contributed by atoms with Crippen molar-refractivity contribution in [3.63, 3.8) is 0 Å². The number of aromatic nitrogens is 1. The summed E-state index contributed by atoms with van der Waals surface area (Å²) in [5, 5.41) is 9.00. The Morgan fingerprint density at radius 3 is 2.49 bits per heavy atom. The van der Waals surface area contributed by atoms with Gasteiger partial charge in [0, 0.05) is 29.8 Å². The molecule has 4 N–H and O–H groups in total. The number of hydrogen-bond acceptors (Lipinski definition) is 10. The van der Waals surface area contributed by atoms with Crippen LogP contribution in [0, 0.1) is 17.7 Å². The molecule has 0 spiro atoms. The number of nitrogens with zero attached hydrogens (tertiary/aromatic N) is 2. The molecule has 4 aromatic rings. The van der Waals surface area contributed by atoms with E-state index in [9.17, 15) is 32.0 Å². The second kappa shape index (κ2) is 15.6. The third-order valence-electron chi connectivity index (χ3n) is 12.1. The van der Waals surface area contributed by atoms with Crippen LogP contribution in [-0.4, -0.2) is 90.7 Å². The van der Waals surface area contributed by atoms with Crippen LogP contribution >= 0.6 is 0 Å². The molecule has 4 aliphatic rings. The fourth-order valence-corrected chi connectivity index (χ4v) is 9.89. The Labute approximate surface area is 340 Å². The normalized spacial score (nSPS) is 23.9. The zero-order valence-electron chi connectivity index (χ0n) is 33.2. The molecule has 5 atom stereocenters. The van der Waals surface area contributed by atoms with Crippen LogP contribution in [0.2, 0.25) is 0 Å². The molecule has 314 valence electrons. The van der Waals surface area contributed by atoms with Crippen molar-refractivity contribution in [2.24, 2.45) is 11.8 Å². The number of nitrogens with one attached hydrogen (secondary N) is 4. The predicted octanol–water partition coefficient (Wildman–Crippen LogP) is 4.96. The largest absolute Gasteiger partial charge is 0.493 e. The second-order valence-electron chi connectivity index (χ2n) is 16.6. The third kappa shape index (κ3) is 7.76. The lowest BCUT2D eigenvalue weighted by molar-refractivity contribution is -0.141. The molecule has 3 aliphatic carbocycles. The van der Waals surface area contributed by atoms with Gasteiger partial charge < -0.3 is 34.7 Å². The van der Waals surface area contributed by atoms with Gasteiger partial charge in [0.25, 0.3) is 5.91 Å². The number of likely N-dealkylation sites (tertiary alicyclic amines) is 1. The summed E-state index contributed by atoms with van der Waals surface area (Å²) in [6, 6.07) is 6.59. The highest BCUT2D eigenvalue weighted by molar-refractivity contribution is 7.91. The first-order valence-corrected chi connectivity index (χ1v) is 21.8. The molecule has 5 amide bonds. The number of carbonyl (C=O) groups is 4. The van der Waals surface area contributed by atoms with E-state index >= 15 is 0 Å². The van der Waals surface area contributed by atoms with E-state index in [-0.39, 0.29) is 42.3 Å². The number of benzene rings is 2. The highest BCUT2D eigenvalue weighted by Gasteiger charge is 2.62. The van der Waals surface area contributed by atoms with Crippen LogP contribution in [0.4, 0.5) is 9.18 Å². The molecular weight excluding hydrogens is 784 g/mol. The Morgan fingerprint density at radius 1 is 1.05 bits per heavy atom. The van der Waals surface area contributed by atoms with Gasteiger partial charge in [0.05, 0.1) is 29.8 Å². The van der Waals surface area contributed by atoms with E-state index in [1.54, 1.807) is 32.0 Å². The Balaban J connectivity index is 1.13. The molecule has 0 bridgehead atoms. The lowest BCUT2D eigenvalue weighted by atomic mass is 9.95. The highest BCUT2D eigenvalue weighted by Crippen LogP contribution is 2.46. The monoisotopic (exact) mass is 832 g/mol. The van der Waals surface area contributed by atoms with Crippen molar-refractivity contribution >= 4 is 66.7 Å². The van der Waals surface area contributed by atoms with Gasteiger partial charge in [0.1, 0.15) is 35.1 Å². The van der Waals surface area contributed by atoms with Crippen LogP contribution < -0.4 is 30.1 Å². The molecule has 0 unspecified atom stereocenters. The van der Waals surface area contributed by atoms with Crippen molar-refractivity contribution in [3.05, 3.63) is 54.9 Å². The van der Waals surface area contributed by atoms with Crippen molar-refractivity contribution in [3.8, 4) is 11.5 Å². The van der Waals surface area contributed by atoms with E-state index in [0.29, 0.717) is 40.5 Å². The van der Waals surface area contributed by atoms with Gasteiger partial charge in [0.15, 0.2) is 22.7 Å². The van der Waals surface area contributed by atoms with Gasteiger partial charge >= 0.3 is 6.03 Å². The summed E-state index contributed by atoms with van der Waals surface area (Å²) in [6.45, 7) is 7.24. The number of para-hydroxylation sites is 1. The van der Waals surface area contributed by atoms with Crippen molar-refractivity contribution in [1.82, 2.24) is 30.6 Å².